The summed E-state index contributed by atoms with van der Waals surface area (Å²) in [6.45, 7) is 4.03. The average molecular weight is 308 g/mol. The molecule has 6 heteroatoms. The lowest BCUT2D eigenvalue weighted by Gasteiger charge is -2.14. The van der Waals surface area contributed by atoms with Crippen LogP contribution in [0.25, 0.3) is 0 Å². The Morgan fingerprint density at radius 1 is 1.00 bits per heavy atom. The zero-order valence-corrected chi connectivity index (χ0v) is 13.6. The van der Waals surface area contributed by atoms with Crippen LogP contribution in [0.1, 0.15) is 78.1 Å². The number of carbonyl (C=O) groups is 1. The van der Waals surface area contributed by atoms with Crippen molar-refractivity contribution in [1.29, 1.82) is 0 Å². The zero-order chi connectivity index (χ0) is 15.4. The molecular formula is C14H29O5P. The third kappa shape index (κ3) is 11.4. The molecule has 5 nitrogen and oxygen atoms in total. The van der Waals surface area contributed by atoms with Crippen LogP contribution in [-0.2, 0) is 13.9 Å². The van der Waals surface area contributed by atoms with Crippen molar-refractivity contribution in [3.63, 3.8) is 0 Å². The number of phosphoric acid groups is 1. The molecule has 2 N–H and O–H groups in total. The second-order valence-corrected chi connectivity index (χ2v) is 6.43. The third-order valence-electron chi connectivity index (χ3n) is 3.44. The second kappa shape index (κ2) is 11.3. The molecule has 1 unspecified atom stereocenters. The molecule has 0 saturated carbocycles. The lowest BCUT2D eigenvalue weighted by molar-refractivity contribution is -0.140. The van der Waals surface area contributed by atoms with Crippen molar-refractivity contribution in [1.82, 2.24) is 0 Å². The van der Waals surface area contributed by atoms with Gasteiger partial charge in [-0.25, -0.2) is 4.57 Å². The fourth-order valence-electron chi connectivity index (χ4n) is 2.21. The van der Waals surface area contributed by atoms with E-state index in [4.69, 9.17) is 9.79 Å². The first-order chi connectivity index (χ1) is 9.40. The maximum Gasteiger partial charge on any atom is 0.526 e. The van der Waals surface area contributed by atoms with E-state index in [-0.39, 0.29) is 0 Å². The van der Waals surface area contributed by atoms with Crippen LogP contribution in [0, 0.1) is 5.92 Å². The van der Waals surface area contributed by atoms with Crippen LogP contribution < -0.4 is 0 Å². The van der Waals surface area contributed by atoms with Gasteiger partial charge < -0.3 is 4.52 Å². The molecule has 0 aromatic rings. The van der Waals surface area contributed by atoms with Crippen molar-refractivity contribution in [3.8, 4) is 0 Å². The van der Waals surface area contributed by atoms with Crippen molar-refractivity contribution in [2.75, 3.05) is 0 Å². The molecule has 0 radical (unpaired) electrons. The maximum atomic E-state index is 11.5. The number of hydrogen-bond acceptors (Lipinski definition) is 3. The van der Waals surface area contributed by atoms with E-state index in [1.165, 1.54) is 32.1 Å². The molecule has 0 heterocycles. The quantitative estimate of drug-likeness (QED) is 0.417. The first kappa shape index (κ1) is 19.6. The number of hydrogen-bond donors (Lipinski definition) is 2. The number of rotatable bonds is 12. The van der Waals surface area contributed by atoms with Gasteiger partial charge in [0.15, 0.2) is 0 Å². The summed E-state index contributed by atoms with van der Waals surface area (Å²) in [6, 6.07) is 0. The van der Waals surface area contributed by atoms with Gasteiger partial charge in [0.25, 0.3) is 0 Å². The van der Waals surface area contributed by atoms with Crippen molar-refractivity contribution in [3.05, 3.63) is 0 Å². The number of unbranched alkanes of at least 4 members (excludes halogenated alkanes) is 7. The predicted octanol–water partition coefficient (Wildman–Crippen LogP) is 4.18. The van der Waals surface area contributed by atoms with Crippen molar-refractivity contribution in [2.24, 2.45) is 5.92 Å². The molecule has 0 spiro atoms. The number of phosphoric ester groups is 1. The van der Waals surface area contributed by atoms with Crippen LogP contribution in [-0.4, -0.2) is 15.8 Å². The van der Waals surface area contributed by atoms with Gasteiger partial charge in [-0.1, -0.05) is 65.2 Å². The first-order valence-corrected chi connectivity index (χ1v) is 9.22. The third-order valence-corrected chi connectivity index (χ3v) is 3.86. The van der Waals surface area contributed by atoms with Crippen molar-refractivity contribution in [2.45, 2.75) is 78.1 Å². The summed E-state index contributed by atoms with van der Waals surface area (Å²) < 4.78 is 14.8. The van der Waals surface area contributed by atoms with Gasteiger partial charge in [-0.3, -0.25) is 14.6 Å². The SMILES string of the molecule is CCCCCCCCCCC(CC)C(=O)OP(=O)(O)O. The fraction of sp³-hybridized carbons (Fsp3) is 0.929. The van der Waals surface area contributed by atoms with Crippen LogP contribution in [0.2, 0.25) is 0 Å². The van der Waals surface area contributed by atoms with E-state index in [1.807, 2.05) is 6.92 Å². The Morgan fingerprint density at radius 2 is 1.50 bits per heavy atom. The molecule has 0 saturated heterocycles. The van der Waals surface area contributed by atoms with E-state index in [1.54, 1.807) is 0 Å². The molecule has 0 aromatic carbocycles. The molecule has 0 aliphatic heterocycles. The highest BCUT2D eigenvalue weighted by molar-refractivity contribution is 7.46. The summed E-state index contributed by atoms with van der Waals surface area (Å²) in [5, 5.41) is 0. The number of carbonyl (C=O) groups excluding carboxylic acids is 1. The van der Waals surface area contributed by atoms with Crippen molar-refractivity contribution >= 4 is 13.8 Å². The normalized spacial score (nSPS) is 13.2. The Balaban J connectivity index is 3.70. The average Bonchev–Trinajstić information content (AvgIpc) is 2.35. The van der Waals surface area contributed by atoms with Gasteiger partial charge in [-0.15, -0.1) is 0 Å². The smallest absolute Gasteiger partial charge is 0.370 e. The Morgan fingerprint density at radius 3 is 1.95 bits per heavy atom. The van der Waals surface area contributed by atoms with Crippen molar-refractivity contribution < 1.29 is 23.7 Å². The van der Waals surface area contributed by atoms with E-state index < -0.39 is 19.7 Å². The Hall–Kier alpha value is -0.380. The van der Waals surface area contributed by atoms with Gasteiger partial charge in [-0.05, 0) is 12.8 Å². The van der Waals surface area contributed by atoms with Crippen LogP contribution >= 0.6 is 7.82 Å². The molecule has 20 heavy (non-hydrogen) atoms. The lowest BCUT2D eigenvalue weighted by atomic mass is 9.98. The molecule has 0 aromatic heterocycles. The summed E-state index contributed by atoms with van der Waals surface area (Å²) in [4.78, 5) is 28.7. The van der Waals surface area contributed by atoms with Gasteiger partial charge >= 0.3 is 13.8 Å². The standard InChI is InChI=1S/C14H29O5P/c1-3-5-6-7-8-9-10-11-12-13(4-2)14(15)19-20(16,17)18/h13H,3-12H2,1-2H3,(H2,16,17,18). The maximum absolute atomic E-state index is 11.5. The second-order valence-electron chi connectivity index (χ2n) is 5.27. The van der Waals surface area contributed by atoms with Gasteiger partial charge in [0.1, 0.15) is 0 Å². The van der Waals surface area contributed by atoms with Gasteiger partial charge in [-0.2, -0.15) is 0 Å². The summed E-state index contributed by atoms with van der Waals surface area (Å²) in [7, 11) is -4.70. The minimum atomic E-state index is -4.70. The van der Waals surface area contributed by atoms with Gasteiger partial charge in [0.05, 0.1) is 5.92 Å². The van der Waals surface area contributed by atoms with E-state index in [2.05, 4.69) is 11.4 Å². The van der Waals surface area contributed by atoms with Crippen LogP contribution in [0.5, 0.6) is 0 Å². The topological polar surface area (TPSA) is 83.8 Å². The molecule has 0 amide bonds. The highest BCUT2D eigenvalue weighted by Crippen LogP contribution is 2.37. The summed E-state index contributed by atoms with van der Waals surface area (Å²) in [5.74, 6) is -1.17. The largest absolute Gasteiger partial charge is 0.526 e. The van der Waals surface area contributed by atoms with E-state index in [0.717, 1.165) is 19.3 Å². The van der Waals surface area contributed by atoms with Crippen LogP contribution in [0.15, 0.2) is 0 Å². The summed E-state index contributed by atoms with van der Waals surface area (Å²) in [6.07, 6.45) is 10.7. The minimum Gasteiger partial charge on any atom is -0.370 e. The highest BCUT2D eigenvalue weighted by Gasteiger charge is 2.26. The molecule has 120 valence electrons. The van der Waals surface area contributed by atoms with Crippen LogP contribution in [0.3, 0.4) is 0 Å². The molecule has 0 rings (SSSR count). The molecular weight excluding hydrogens is 279 g/mol. The Labute approximate surface area is 122 Å². The van der Waals surface area contributed by atoms with E-state index in [9.17, 15) is 9.36 Å². The van der Waals surface area contributed by atoms with Gasteiger partial charge in [0, 0.05) is 0 Å². The first-order valence-electron chi connectivity index (χ1n) is 7.69. The molecule has 0 aliphatic carbocycles. The minimum absolute atomic E-state index is 0.400. The monoisotopic (exact) mass is 308 g/mol. The Kier molecular flexibility index (Phi) is 11.1. The molecule has 0 bridgehead atoms. The van der Waals surface area contributed by atoms with E-state index in [0.29, 0.717) is 12.8 Å². The summed E-state index contributed by atoms with van der Waals surface area (Å²) in [5.41, 5.74) is 0. The Bertz CT molecular complexity index is 300. The summed E-state index contributed by atoms with van der Waals surface area (Å²) >= 11 is 0. The lowest BCUT2D eigenvalue weighted by Crippen LogP contribution is -2.16. The molecule has 0 fully saturated rings. The van der Waals surface area contributed by atoms with Gasteiger partial charge in [0.2, 0.25) is 0 Å². The fourth-order valence-corrected chi connectivity index (χ4v) is 2.59. The van der Waals surface area contributed by atoms with E-state index >= 15 is 0 Å². The molecule has 1 atom stereocenters. The van der Waals surface area contributed by atoms with Crippen LogP contribution in [0.4, 0.5) is 0 Å². The molecule has 0 aliphatic rings. The highest BCUT2D eigenvalue weighted by atomic mass is 31.2. The predicted molar refractivity (Wildman–Crippen MR) is 79.1 cm³/mol. The zero-order valence-electron chi connectivity index (χ0n) is 12.7.